The third kappa shape index (κ3) is 6.17. The molecule has 14 heavy (non-hydrogen) atoms. The molecule has 0 fully saturated rings. The third-order valence-corrected chi connectivity index (χ3v) is 2.53. The Bertz CT molecular complexity index is 143. The molecule has 0 radical (unpaired) electrons. The van der Waals surface area contributed by atoms with Crippen molar-refractivity contribution in [3.05, 3.63) is 12.7 Å². The average molecular weight is 200 g/mol. The Balaban J connectivity index is 3.68. The Morgan fingerprint density at radius 2 is 1.93 bits per heavy atom. The van der Waals surface area contributed by atoms with Crippen molar-refractivity contribution in [2.24, 2.45) is 11.8 Å². The summed E-state index contributed by atoms with van der Waals surface area (Å²) >= 11 is 0. The van der Waals surface area contributed by atoms with Gasteiger partial charge in [-0.15, -0.1) is 6.58 Å². The van der Waals surface area contributed by atoms with Crippen LogP contribution in [0.4, 0.5) is 0 Å². The summed E-state index contributed by atoms with van der Waals surface area (Å²) in [7, 11) is 0. The molecule has 0 aromatic rings. The zero-order valence-electron chi connectivity index (χ0n) is 9.45. The first-order chi connectivity index (χ1) is 6.61. The number of aliphatic hydroxyl groups excluding tert-OH is 2. The molecule has 0 spiro atoms. The lowest BCUT2D eigenvalue weighted by Gasteiger charge is -2.19. The van der Waals surface area contributed by atoms with E-state index in [9.17, 15) is 5.11 Å². The molecule has 0 aliphatic rings. The summed E-state index contributed by atoms with van der Waals surface area (Å²) in [6.45, 7) is 8.03. The van der Waals surface area contributed by atoms with Gasteiger partial charge in [0, 0.05) is 12.5 Å². The van der Waals surface area contributed by atoms with E-state index in [4.69, 9.17) is 5.11 Å². The van der Waals surface area contributed by atoms with Crippen LogP contribution in [0.25, 0.3) is 0 Å². The van der Waals surface area contributed by atoms with Crippen LogP contribution in [0.3, 0.4) is 0 Å². The third-order valence-electron chi connectivity index (χ3n) is 2.53. The van der Waals surface area contributed by atoms with Gasteiger partial charge < -0.3 is 10.2 Å². The molecule has 2 atom stereocenters. The van der Waals surface area contributed by atoms with Crippen molar-refractivity contribution in [3.8, 4) is 0 Å². The van der Waals surface area contributed by atoms with E-state index in [0.717, 1.165) is 19.3 Å². The number of hydrogen-bond donors (Lipinski definition) is 2. The SMILES string of the molecule is C=CC[C@@H](CO)[C@H](O)CCCC(C)C. The van der Waals surface area contributed by atoms with Gasteiger partial charge in [-0.1, -0.05) is 32.8 Å². The molecule has 2 nitrogen and oxygen atoms in total. The van der Waals surface area contributed by atoms with Gasteiger partial charge in [0.2, 0.25) is 0 Å². The highest BCUT2D eigenvalue weighted by Gasteiger charge is 2.16. The maximum Gasteiger partial charge on any atom is 0.0593 e. The Labute approximate surface area is 87.7 Å². The van der Waals surface area contributed by atoms with Crippen LogP contribution in [0.15, 0.2) is 12.7 Å². The first-order valence-electron chi connectivity index (χ1n) is 5.51. The van der Waals surface area contributed by atoms with Crippen molar-refractivity contribution in [1.29, 1.82) is 0 Å². The molecular weight excluding hydrogens is 176 g/mol. The number of aliphatic hydroxyl groups is 2. The van der Waals surface area contributed by atoms with E-state index < -0.39 is 0 Å². The summed E-state index contributed by atoms with van der Waals surface area (Å²) in [5, 5.41) is 18.8. The molecule has 0 unspecified atom stereocenters. The summed E-state index contributed by atoms with van der Waals surface area (Å²) in [5.41, 5.74) is 0. The topological polar surface area (TPSA) is 40.5 Å². The molecule has 0 amide bonds. The first kappa shape index (κ1) is 13.7. The van der Waals surface area contributed by atoms with E-state index in [0.29, 0.717) is 12.3 Å². The zero-order chi connectivity index (χ0) is 11.0. The van der Waals surface area contributed by atoms with Crippen molar-refractivity contribution in [1.82, 2.24) is 0 Å². The van der Waals surface area contributed by atoms with E-state index in [1.165, 1.54) is 0 Å². The quantitative estimate of drug-likeness (QED) is 0.590. The van der Waals surface area contributed by atoms with Crippen molar-refractivity contribution >= 4 is 0 Å². The van der Waals surface area contributed by atoms with Crippen molar-refractivity contribution in [2.45, 2.75) is 45.6 Å². The van der Waals surface area contributed by atoms with Crippen LogP contribution < -0.4 is 0 Å². The largest absolute Gasteiger partial charge is 0.396 e. The van der Waals surface area contributed by atoms with Crippen LogP contribution in [-0.2, 0) is 0 Å². The maximum atomic E-state index is 9.75. The van der Waals surface area contributed by atoms with Crippen LogP contribution in [0.2, 0.25) is 0 Å². The molecule has 84 valence electrons. The molecule has 2 N–H and O–H groups in total. The molecule has 0 bridgehead atoms. The minimum atomic E-state index is -0.378. The normalized spacial score (nSPS) is 15.5. The van der Waals surface area contributed by atoms with E-state index in [2.05, 4.69) is 20.4 Å². The first-order valence-corrected chi connectivity index (χ1v) is 5.51. The van der Waals surface area contributed by atoms with Gasteiger partial charge in [0.1, 0.15) is 0 Å². The van der Waals surface area contributed by atoms with Gasteiger partial charge in [0.15, 0.2) is 0 Å². The standard InChI is InChI=1S/C12H24O2/c1-4-6-11(9-13)12(14)8-5-7-10(2)3/h4,10-14H,1,5-9H2,2-3H3/t11-,12+/m0/s1. The molecule has 0 heterocycles. The van der Waals surface area contributed by atoms with Crippen molar-refractivity contribution < 1.29 is 10.2 Å². The molecule has 0 saturated heterocycles. The zero-order valence-corrected chi connectivity index (χ0v) is 9.45. The summed E-state index contributed by atoms with van der Waals surface area (Å²) in [6, 6.07) is 0. The minimum absolute atomic E-state index is 0.0281. The van der Waals surface area contributed by atoms with Gasteiger partial charge in [0.05, 0.1) is 6.10 Å². The van der Waals surface area contributed by atoms with Crippen LogP contribution in [0.1, 0.15) is 39.5 Å². The summed E-state index contributed by atoms with van der Waals surface area (Å²) < 4.78 is 0. The van der Waals surface area contributed by atoms with Gasteiger partial charge >= 0.3 is 0 Å². The monoisotopic (exact) mass is 200 g/mol. The van der Waals surface area contributed by atoms with Gasteiger partial charge in [-0.05, 0) is 18.8 Å². The fourth-order valence-electron chi connectivity index (χ4n) is 1.54. The predicted molar refractivity (Wildman–Crippen MR) is 60.1 cm³/mol. The second-order valence-corrected chi connectivity index (χ2v) is 4.36. The Hall–Kier alpha value is -0.340. The highest BCUT2D eigenvalue weighted by Crippen LogP contribution is 2.16. The Morgan fingerprint density at radius 1 is 1.29 bits per heavy atom. The minimum Gasteiger partial charge on any atom is -0.396 e. The lowest BCUT2D eigenvalue weighted by molar-refractivity contribution is 0.0599. The molecule has 0 rings (SSSR count). The molecule has 0 aliphatic carbocycles. The van der Waals surface area contributed by atoms with Gasteiger partial charge in [-0.25, -0.2) is 0 Å². The number of allylic oxidation sites excluding steroid dienone is 1. The van der Waals surface area contributed by atoms with E-state index in [1.807, 2.05) is 0 Å². The fourth-order valence-corrected chi connectivity index (χ4v) is 1.54. The van der Waals surface area contributed by atoms with Crippen molar-refractivity contribution in [3.63, 3.8) is 0 Å². The smallest absolute Gasteiger partial charge is 0.0593 e. The molecule has 0 saturated carbocycles. The lowest BCUT2D eigenvalue weighted by atomic mass is 9.94. The summed E-state index contributed by atoms with van der Waals surface area (Å²) in [4.78, 5) is 0. The van der Waals surface area contributed by atoms with Crippen LogP contribution in [0.5, 0.6) is 0 Å². The van der Waals surface area contributed by atoms with Gasteiger partial charge in [-0.2, -0.15) is 0 Å². The number of rotatable bonds is 8. The second-order valence-electron chi connectivity index (χ2n) is 4.36. The molecule has 2 heteroatoms. The maximum absolute atomic E-state index is 9.75. The van der Waals surface area contributed by atoms with E-state index in [1.54, 1.807) is 6.08 Å². The average Bonchev–Trinajstić information content (AvgIpc) is 2.13. The second kappa shape index (κ2) is 8.01. The summed E-state index contributed by atoms with van der Waals surface area (Å²) in [6.07, 6.45) is 5.04. The van der Waals surface area contributed by atoms with Crippen molar-refractivity contribution in [2.75, 3.05) is 6.61 Å². The number of hydrogen-bond acceptors (Lipinski definition) is 2. The molecule has 0 aliphatic heterocycles. The van der Waals surface area contributed by atoms with Gasteiger partial charge in [-0.3, -0.25) is 0 Å². The summed E-state index contributed by atoms with van der Waals surface area (Å²) in [5.74, 6) is 0.661. The van der Waals surface area contributed by atoms with E-state index >= 15 is 0 Å². The Kier molecular flexibility index (Phi) is 7.81. The lowest BCUT2D eigenvalue weighted by Crippen LogP contribution is -2.23. The molecule has 0 aromatic carbocycles. The fraction of sp³-hybridized carbons (Fsp3) is 0.833. The predicted octanol–water partition coefficient (Wildman–Crippen LogP) is 2.36. The van der Waals surface area contributed by atoms with Crippen LogP contribution >= 0.6 is 0 Å². The van der Waals surface area contributed by atoms with Crippen LogP contribution in [-0.4, -0.2) is 22.9 Å². The molecule has 0 aromatic heterocycles. The van der Waals surface area contributed by atoms with Crippen LogP contribution in [0, 0.1) is 11.8 Å². The Morgan fingerprint density at radius 3 is 2.36 bits per heavy atom. The highest BCUT2D eigenvalue weighted by atomic mass is 16.3. The van der Waals surface area contributed by atoms with Gasteiger partial charge in [0.25, 0.3) is 0 Å². The highest BCUT2D eigenvalue weighted by molar-refractivity contribution is 4.77. The molecular formula is C12H24O2. The van der Waals surface area contributed by atoms with E-state index in [-0.39, 0.29) is 18.6 Å².